The minimum Gasteiger partial charge on any atom is -0.375 e. The van der Waals surface area contributed by atoms with E-state index in [1.54, 1.807) is 0 Å². The molecule has 1 spiro atoms. The molecule has 1 aliphatic carbocycles. The summed E-state index contributed by atoms with van der Waals surface area (Å²) in [5.41, 5.74) is 0.200. The molecule has 1 N–H and O–H groups in total. The van der Waals surface area contributed by atoms with Gasteiger partial charge in [-0.25, -0.2) is 0 Å². The van der Waals surface area contributed by atoms with Gasteiger partial charge in [-0.15, -0.1) is 11.3 Å². The molecule has 1 saturated heterocycles. The molecule has 3 heteroatoms. The van der Waals surface area contributed by atoms with Gasteiger partial charge >= 0.3 is 0 Å². The van der Waals surface area contributed by atoms with Gasteiger partial charge in [-0.05, 0) is 43.0 Å². The molecular weight excluding hydrogens is 278 g/mol. The predicted molar refractivity (Wildman–Crippen MR) is 89.8 cm³/mol. The highest BCUT2D eigenvalue weighted by atomic mass is 32.1. The second-order valence-corrected chi connectivity index (χ2v) is 8.16. The van der Waals surface area contributed by atoms with Crippen molar-refractivity contribution in [2.75, 3.05) is 6.61 Å². The molecule has 1 aromatic heterocycles. The Hall–Kier alpha value is -0.380. The van der Waals surface area contributed by atoms with Crippen molar-refractivity contribution >= 4 is 11.3 Å². The van der Waals surface area contributed by atoms with Gasteiger partial charge in [0.05, 0.1) is 5.60 Å². The first-order valence-corrected chi connectivity index (χ1v) is 9.50. The molecule has 21 heavy (non-hydrogen) atoms. The number of ether oxygens (including phenoxy) is 1. The zero-order chi connectivity index (χ0) is 14.7. The van der Waals surface area contributed by atoms with Gasteiger partial charge in [0.15, 0.2) is 0 Å². The van der Waals surface area contributed by atoms with Gasteiger partial charge in [0.2, 0.25) is 0 Å². The molecule has 2 fully saturated rings. The zero-order valence-electron chi connectivity index (χ0n) is 13.4. The van der Waals surface area contributed by atoms with Crippen LogP contribution in [0, 0.1) is 5.92 Å². The van der Waals surface area contributed by atoms with Gasteiger partial charge in [0.25, 0.3) is 0 Å². The Balaban J connectivity index is 1.65. The standard InChI is InChI=1S/C18H29NOS/c1-14(2)17(16-7-6-12-21-16)19-15-8-11-20-18(13-15)9-4-3-5-10-18/h6-7,12,14-15,17,19H,3-5,8-11,13H2,1-2H3. The third-order valence-corrected chi connectivity index (χ3v) is 6.14. The van der Waals surface area contributed by atoms with Crippen LogP contribution in [0.25, 0.3) is 0 Å². The summed E-state index contributed by atoms with van der Waals surface area (Å²) in [6.45, 7) is 5.59. The summed E-state index contributed by atoms with van der Waals surface area (Å²) in [6.07, 6.45) is 9.02. The van der Waals surface area contributed by atoms with E-state index in [1.807, 2.05) is 11.3 Å². The first-order valence-electron chi connectivity index (χ1n) is 8.62. The smallest absolute Gasteiger partial charge is 0.0697 e. The summed E-state index contributed by atoms with van der Waals surface area (Å²) in [4.78, 5) is 1.48. The maximum absolute atomic E-state index is 6.23. The number of nitrogens with one attached hydrogen (secondary N) is 1. The SMILES string of the molecule is CC(C)C(NC1CCOC2(CCCCC2)C1)c1cccs1. The van der Waals surface area contributed by atoms with Crippen molar-refractivity contribution in [3.05, 3.63) is 22.4 Å². The van der Waals surface area contributed by atoms with Gasteiger partial charge in [-0.2, -0.15) is 0 Å². The van der Waals surface area contributed by atoms with Crippen LogP contribution in [0.2, 0.25) is 0 Å². The summed E-state index contributed by atoms with van der Waals surface area (Å²) in [6, 6.07) is 5.56. The van der Waals surface area contributed by atoms with Gasteiger partial charge in [0.1, 0.15) is 0 Å². The Kier molecular flexibility index (Phi) is 5.03. The summed E-state index contributed by atoms with van der Waals surface area (Å²) in [5.74, 6) is 0.633. The van der Waals surface area contributed by atoms with E-state index in [1.165, 1.54) is 43.4 Å². The van der Waals surface area contributed by atoms with Crippen LogP contribution in [0.3, 0.4) is 0 Å². The van der Waals surface area contributed by atoms with E-state index in [2.05, 4.69) is 36.7 Å². The fourth-order valence-corrected chi connectivity index (χ4v) is 5.00. The van der Waals surface area contributed by atoms with Crippen LogP contribution in [0.5, 0.6) is 0 Å². The Bertz CT molecular complexity index is 417. The van der Waals surface area contributed by atoms with E-state index in [4.69, 9.17) is 4.74 Å². The van der Waals surface area contributed by atoms with Crippen LogP contribution in [0.15, 0.2) is 17.5 Å². The van der Waals surface area contributed by atoms with Crippen molar-refractivity contribution in [3.8, 4) is 0 Å². The molecule has 0 radical (unpaired) electrons. The molecule has 2 nitrogen and oxygen atoms in total. The van der Waals surface area contributed by atoms with Crippen molar-refractivity contribution < 1.29 is 4.74 Å². The van der Waals surface area contributed by atoms with Gasteiger partial charge < -0.3 is 10.1 Å². The van der Waals surface area contributed by atoms with Crippen molar-refractivity contribution in [1.29, 1.82) is 0 Å². The Morgan fingerprint density at radius 1 is 1.29 bits per heavy atom. The first-order chi connectivity index (χ1) is 10.2. The van der Waals surface area contributed by atoms with Crippen LogP contribution in [0.1, 0.15) is 69.7 Å². The number of thiophene rings is 1. The predicted octanol–water partition coefficient (Wildman–Crippen LogP) is 4.92. The summed E-state index contributed by atoms with van der Waals surface area (Å²) in [5, 5.41) is 6.15. The Labute approximate surface area is 133 Å². The van der Waals surface area contributed by atoms with Crippen LogP contribution in [-0.2, 0) is 4.74 Å². The van der Waals surface area contributed by atoms with E-state index in [-0.39, 0.29) is 5.60 Å². The van der Waals surface area contributed by atoms with Gasteiger partial charge in [-0.3, -0.25) is 0 Å². The van der Waals surface area contributed by atoms with E-state index >= 15 is 0 Å². The van der Waals surface area contributed by atoms with E-state index in [0.29, 0.717) is 18.0 Å². The highest BCUT2D eigenvalue weighted by molar-refractivity contribution is 7.10. The van der Waals surface area contributed by atoms with Crippen LogP contribution < -0.4 is 5.32 Å². The van der Waals surface area contributed by atoms with Crippen LogP contribution >= 0.6 is 11.3 Å². The number of hydrogen-bond acceptors (Lipinski definition) is 3. The van der Waals surface area contributed by atoms with E-state index < -0.39 is 0 Å². The molecule has 2 atom stereocenters. The Morgan fingerprint density at radius 2 is 2.10 bits per heavy atom. The lowest BCUT2D eigenvalue weighted by atomic mass is 9.78. The van der Waals surface area contributed by atoms with E-state index in [9.17, 15) is 0 Å². The lowest BCUT2D eigenvalue weighted by molar-refractivity contribution is -0.110. The normalized spacial score (nSPS) is 27.1. The second-order valence-electron chi connectivity index (χ2n) is 7.19. The summed E-state index contributed by atoms with van der Waals surface area (Å²) >= 11 is 1.88. The average Bonchev–Trinajstić information content (AvgIpc) is 2.99. The van der Waals surface area contributed by atoms with Crippen molar-refractivity contribution in [2.45, 2.75) is 76.5 Å². The number of hydrogen-bond donors (Lipinski definition) is 1. The van der Waals surface area contributed by atoms with Gasteiger partial charge in [-0.1, -0.05) is 39.2 Å². The third-order valence-electron chi connectivity index (χ3n) is 5.19. The van der Waals surface area contributed by atoms with Crippen molar-refractivity contribution in [1.82, 2.24) is 5.32 Å². The lowest BCUT2D eigenvalue weighted by Crippen LogP contribution is -2.49. The molecule has 3 rings (SSSR count). The van der Waals surface area contributed by atoms with Gasteiger partial charge in [0, 0.05) is 23.6 Å². The fourth-order valence-electron chi connectivity index (χ4n) is 4.04. The quantitative estimate of drug-likeness (QED) is 0.852. The second kappa shape index (κ2) is 6.80. The van der Waals surface area contributed by atoms with Crippen molar-refractivity contribution in [3.63, 3.8) is 0 Å². The average molecular weight is 308 g/mol. The first kappa shape index (κ1) is 15.5. The minimum absolute atomic E-state index is 0.200. The zero-order valence-corrected chi connectivity index (χ0v) is 14.3. The molecule has 2 heterocycles. The lowest BCUT2D eigenvalue weighted by Gasteiger charge is -2.44. The third kappa shape index (κ3) is 3.69. The molecule has 118 valence electrons. The minimum atomic E-state index is 0.200. The topological polar surface area (TPSA) is 21.3 Å². The summed E-state index contributed by atoms with van der Waals surface area (Å²) < 4.78 is 6.23. The molecule has 1 aliphatic heterocycles. The fraction of sp³-hybridized carbons (Fsp3) is 0.778. The molecule has 2 unspecified atom stereocenters. The van der Waals surface area contributed by atoms with Crippen LogP contribution in [0.4, 0.5) is 0 Å². The largest absolute Gasteiger partial charge is 0.375 e. The van der Waals surface area contributed by atoms with Crippen molar-refractivity contribution in [2.24, 2.45) is 5.92 Å². The molecule has 0 aromatic carbocycles. The van der Waals surface area contributed by atoms with Crippen LogP contribution in [-0.4, -0.2) is 18.2 Å². The summed E-state index contributed by atoms with van der Waals surface area (Å²) in [7, 11) is 0. The molecule has 0 amide bonds. The molecule has 1 aromatic rings. The number of rotatable bonds is 4. The maximum atomic E-state index is 6.23. The monoisotopic (exact) mass is 307 g/mol. The molecule has 0 bridgehead atoms. The molecule has 1 saturated carbocycles. The Morgan fingerprint density at radius 3 is 2.76 bits per heavy atom. The highest BCUT2D eigenvalue weighted by Crippen LogP contribution is 2.39. The highest BCUT2D eigenvalue weighted by Gasteiger charge is 2.39. The molecule has 2 aliphatic rings. The molecular formula is C18H29NOS. The maximum Gasteiger partial charge on any atom is 0.0697 e. The van der Waals surface area contributed by atoms with E-state index in [0.717, 1.165) is 13.0 Å².